The highest BCUT2D eigenvalue weighted by Gasteiger charge is 2.13. The Kier molecular flexibility index (Phi) is 3.67. The topological polar surface area (TPSA) is 35.2 Å². The molecule has 18 heavy (non-hydrogen) atoms. The Morgan fingerprint density at radius 1 is 1.17 bits per heavy atom. The van der Waals surface area contributed by atoms with Gasteiger partial charge in [-0.1, -0.05) is 17.7 Å². The van der Waals surface area contributed by atoms with Crippen molar-refractivity contribution >= 4 is 17.3 Å². The molecular formula is C13H10ClF2NO. The molecule has 0 atom stereocenters. The van der Waals surface area contributed by atoms with Gasteiger partial charge in [-0.15, -0.1) is 0 Å². The third-order valence-electron chi connectivity index (χ3n) is 2.38. The van der Waals surface area contributed by atoms with Gasteiger partial charge in [0.05, 0.1) is 10.6 Å². The fourth-order valence-electron chi connectivity index (χ4n) is 1.46. The lowest BCUT2D eigenvalue weighted by molar-refractivity contribution is 0.293. The van der Waals surface area contributed by atoms with Crippen molar-refractivity contribution in [2.45, 2.75) is 6.61 Å². The number of anilines is 1. The van der Waals surface area contributed by atoms with Gasteiger partial charge in [0.25, 0.3) is 0 Å². The molecule has 0 saturated carbocycles. The number of hydrogen-bond donors (Lipinski definition) is 1. The van der Waals surface area contributed by atoms with E-state index >= 15 is 0 Å². The first kappa shape index (κ1) is 12.6. The number of halogens is 3. The Morgan fingerprint density at radius 2 is 1.94 bits per heavy atom. The van der Waals surface area contributed by atoms with Gasteiger partial charge in [0.1, 0.15) is 18.2 Å². The maximum absolute atomic E-state index is 13.6. The molecule has 0 saturated heterocycles. The lowest BCUT2D eigenvalue weighted by atomic mass is 10.2. The summed E-state index contributed by atoms with van der Waals surface area (Å²) in [5, 5.41) is -0.137. The van der Waals surface area contributed by atoms with E-state index in [9.17, 15) is 8.78 Å². The summed E-state index contributed by atoms with van der Waals surface area (Å²) in [4.78, 5) is 0. The number of ether oxygens (including phenoxy) is 1. The van der Waals surface area contributed by atoms with Gasteiger partial charge in [0.15, 0.2) is 5.82 Å². The van der Waals surface area contributed by atoms with E-state index in [4.69, 9.17) is 22.1 Å². The van der Waals surface area contributed by atoms with Crippen LogP contribution in [0.15, 0.2) is 36.4 Å². The Balaban J connectivity index is 2.18. The highest BCUT2D eigenvalue weighted by Crippen LogP contribution is 2.23. The normalized spacial score (nSPS) is 10.4. The average Bonchev–Trinajstić information content (AvgIpc) is 2.34. The van der Waals surface area contributed by atoms with Gasteiger partial charge in [-0.25, -0.2) is 8.78 Å². The Bertz CT molecular complexity index is 575. The third-order valence-corrected chi connectivity index (χ3v) is 2.67. The maximum atomic E-state index is 13.6. The minimum atomic E-state index is -0.805. The van der Waals surface area contributed by atoms with Crippen molar-refractivity contribution in [2.24, 2.45) is 0 Å². The van der Waals surface area contributed by atoms with Gasteiger partial charge < -0.3 is 10.5 Å². The molecule has 94 valence electrons. The molecule has 2 N–H and O–H groups in total. The van der Waals surface area contributed by atoms with Gasteiger partial charge in [-0.05, 0) is 24.3 Å². The van der Waals surface area contributed by atoms with Crippen molar-refractivity contribution < 1.29 is 13.5 Å². The average molecular weight is 270 g/mol. The smallest absolute Gasteiger partial charge is 0.151 e. The number of benzene rings is 2. The molecule has 0 aromatic heterocycles. The number of nitrogens with two attached hydrogens (primary N) is 1. The SMILES string of the molecule is Nc1cccc(OCc2c(F)ccc(Cl)c2F)c1. The van der Waals surface area contributed by atoms with Crippen molar-refractivity contribution in [1.82, 2.24) is 0 Å². The van der Waals surface area contributed by atoms with Crippen molar-refractivity contribution in [3.8, 4) is 5.75 Å². The van der Waals surface area contributed by atoms with Crippen LogP contribution in [0.5, 0.6) is 5.75 Å². The molecule has 2 nitrogen and oxygen atoms in total. The molecule has 0 aliphatic rings. The molecule has 0 fully saturated rings. The minimum Gasteiger partial charge on any atom is -0.489 e. The van der Waals surface area contributed by atoms with Crippen molar-refractivity contribution in [3.63, 3.8) is 0 Å². The van der Waals surface area contributed by atoms with Crippen LogP contribution < -0.4 is 10.5 Å². The van der Waals surface area contributed by atoms with E-state index in [2.05, 4.69) is 0 Å². The van der Waals surface area contributed by atoms with Crippen LogP contribution in [0.3, 0.4) is 0 Å². The molecule has 2 rings (SSSR count). The van der Waals surface area contributed by atoms with E-state index in [1.807, 2.05) is 0 Å². The van der Waals surface area contributed by atoms with Gasteiger partial charge in [0.2, 0.25) is 0 Å². The maximum Gasteiger partial charge on any atom is 0.151 e. The lowest BCUT2D eigenvalue weighted by Crippen LogP contribution is -2.02. The van der Waals surface area contributed by atoms with E-state index in [1.165, 1.54) is 0 Å². The van der Waals surface area contributed by atoms with Crippen LogP contribution in [-0.2, 0) is 6.61 Å². The molecule has 0 bridgehead atoms. The fourth-order valence-corrected chi connectivity index (χ4v) is 1.64. The van der Waals surface area contributed by atoms with E-state index in [1.54, 1.807) is 24.3 Å². The zero-order valence-corrected chi connectivity index (χ0v) is 10.0. The number of rotatable bonds is 3. The molecule has 0 aliphatic carbocycles. The van der Waals surface area contributed by atoms with E-state index in [0.29, 0.717) is 11.4 Å². The zero-order chi connectivity index (χ0) is 13.1. The second-order valence-electron chi connectivity index (χ2n) is 3.68. The summed E-state index contributed by atoms with van der Waals surface area (Å²) < 4.78 is 32.2. The molecule has 0 aliphatic heterocycles. The molecular weight excluding hydrogens is 260 g/mol. The van der Waals surface area contributed by atoms with Crippen LogP contribution in [0.4, 0.5) is 14.5 Å². The van der Waals surface area contributed by atoms with Crippen LogP contribution in [-0.4, -0.2) is 0 Å². The molecule has 0 amide bonds. The van der Waals surface area contributed by atoms with Crippen LogP contribution in [0.2, 0.25) is 5.02 Å². The summed E-state index contributed by atoms with van der Waals surface area (Å²) >= 11 is 5.58. The van der Waals surface area contributed by atoms with Gasteiger partial charge in [-0.2, -0.15) is 0 Å². The largest absolute Gasteiger partial charge is 0.489 e. The highest BCUT2D eigenvalue weighted by atomic mass is 35.5. The van der Waals surface area contributed by atoms with Crippen LogP contribution in [0.1, 0.15) is 5.56 Å². The summed E-state index contributed by atoms with van der Waals surface area (Å²) in [6.45, 7) is -0.248. The first-order valence-corrected chi connectivity index (χ1v) is 5.56. The van der Waals surface area contributed by atoms with Crippen LogP contribution >= 0.6 is 11.6 Å². The Hall–Kier alpha value is -1.81. The molecule has 0 heterocycles. The lowest BCUT2D eigenvalue weighted by Gasteiger charge is -2.09. The van der Waals surface area contributed by atoms with Gasteiger partial charge in [-0.3, -0.25) is 0 Å². The first-order chi connectivity index (χ1) is 8.58. The molecule has 0 radical (unpaired) electrons. The van der Waals surface area contributed by atoms with Crippen molar-refractivity contribution in [2.75, 3.05) is 5.73 Å². The zero-order valence-electron chi connectivity index (χ0n) is 9.29. The summed E-state index contributed by atoms with van der Waals surface area (Å²) in [6, 6.07) is 8.86. The molecule has 5 heteroatoms. The summed E-state index contributed by atoms with van der Waals surface area (Å²) in [6.07, 6.45) is 0. The van der Waals surface area contributed by atoms with E-state index in [-0.39, 0.29) is 17.2 Å². The van der Waals surface area contributed by atoms with Gasteiger partial charge in [0, 0.05) is 11.8 Å². The third kappa shape index (κ3) is 2.71. The predicted octanol–water partition coefficient (Wildman–Crippen LogP) is 3.78. The molecule has 0 spiro atoms. The standard InChI is InChI=1S/C13H10ClF2NO/c14-11-4-5-12(15)10(13(11)16)7-18-9-3-1-2-8(17)6-9/h1-6H,7,17H2. The second-order valence-corrected chi connectivity index (χ2v) is 4.09. The van der Waals surface area contributed by atoms with Crippen molar-refractivity contribution in [1.29, 1.82) is 0 Å². The Morgan fingerprint density at radius 3 is 2.67 bits per heavy atom. The van der Waals surface area contributed by atoms with Crippen molar-refractivity contribution in [3.05, 3.63) is 58.6 Å². The fraction of sp³-hybridized carbons (Fsp3) is 0.0769. The predicted molar refractivity (Wildman–Crippen MR) is 66.6 cm³/mol. The first-order valence-electron chi connectivity index (χ1n) is 5.18. The summed E-state index contributed by atoms with van der Waals surface area (Å²) in [7, 11) is 0. The Labute approximate surface area is 108 Å². The molecule has 2 aromatic carbocycles. The highest BCUT2D eigenvalue weighted by molar-refractivity contribution is 6.30. The number of nitrogen functional groups attached to an aromatic ring is 1. The number of hydrogen-bond acceptors (Lipinski definition) is 2. The van der Waals surface area contributed by atoms with E-state index < -0.39 is 11.6 Å². The quantitative estimate of drug-likeness (QED) is 0.680. The van der Waals surface area contributed by atoms with Gasteiger partial charge >= 0.3 is 0 Å². The van der Waals surface area contributed by atoms with Crippen LogP contribution in [0.25, 0.3) is 0 Å². The summed E-state index contributed by atoms with van der Waals surface area (Å²) in [5.41, 5.74) is 5.87. The monoisotopic (exact) mass is 269 g/mol. The molecule has 2 aromatic rings. The summed E-state index contributed by atoms with van der Waals surface area (Å²) in [5.74, 6) is -1.06. The van der Waals surface area contributed by atoms with E-state index in [0.717, 1.165) is 12.1 Å². The van der Waals surface area contributed by atoms with Crippen LogP contribution in [0, 0.1) is 11.6 Å². The molecule has 0 unspecified atom stereocenters. The minimum absolute atomic E-state index is 0.137. The second kappa shape index (κ2) is 5.23.